The molecule has 0 radical (unpaired) electrons. The van der Waals surface area contributed by atoms with Crippen molar-refractivity contribution in [1.29, 1.82) is 0 Å². The van der Waals surface area contributed by atoms with E-state index in [0.717, 1.165) is 0 Å². The lowest BCUT2D eigenvalue weighted by Gasteiger charge is -1.73. The molecule has 1 heterocycles. The Hall–Kier alpha value is -0.800. The molecular formula is C5H9ClN2O. The number of aromatic nitrogens is 1. The molecule has 1 aromatic rings. The van der Waals surface area contributed by atoms with Crippen LogP contribution >= 0.6 is 0 Å². The molecule has 0 aliphatic rings. The average molecular weight is 149 g/mol. The molecule has 0 spiro atoms. The van der Waals surface area contributed by atoms with Crippen LogP contribution in [0.1, 0.15) is 0 Å². The van der Waals surface area contributed by atoms with E-state index in [1.54, 1.807) is 18.3 Å². The van der Waals surface area contributed by atoms with E-state index >= 15 is 0 Å². The van der Waals surface area contributed by atoms with Crippen molar-refractivity contribution in [2.45, 2.75) is 0 Å². The highest BCUT2D eigenvalue weighted by atomic mass is 35.5. The number of halogens is 1. The van der Waals surface area contributed by atoms with Crippen molar-refractivity contribution in [3.63, 3.8) is 0 Å². The number of hydrogen-bond acceptors (Lipinski definition) is 1. The van der Waals surface area contributed by atoms with Crippen LogP contribution in [0.3, 0.4) is 0 Å². The normalized spacial score (nSPS) is 6.67. The molecule has 3 nitrogen and oxygen atoms in total. The van der Waals surface area contributed by atoms with Crippen molar-refractivity contribution in [2.75, 3.05) is 0 Å². The molecular weight excluding hydrogens is 140 g/mol. The zero-order chi connectivity index (χ0) is 5.11. The maximum absolute atomic E-state index is 10.2. The minimum absolute atomic E-state index is 0. The molecule has 5 N–H and O–H groups in total. The summed E-state index contributed by atoms with van der Waals surface area (Å²) < 4.78 is 0. The smallest absolute Gasteiger partial charge is 0.247 e. The molecule has 0 amide bonds. The van der Waals surface area contributed by atoms with Crippen molar-refractivity contribution < 1.29 is 12.4 Å². The third kappa shape index (κ3) is 3.76. The second-order valence-electron chi connectivity index (χ2n) is 1.23. The Labute approximate surface area is 59.1 Å². The van der Waals surface area contributed by atoms with E-state index in [1.807, 2.05) is 0 Å². The fourth-order valence-corrected chi connectivity index (χ4v) is 0.377. The van der Waals surface area contributed by atoms with Crippen molar-refractivity contribution >= 4 is 0 Å². The summed E-state index contributed by atoms with van der Waals surface area (Å²) in [4.78, 5) is 12.7. The summed E-state index contributed by atoms with van der Waals surface area (Å²) in [6.07, 6.45) is 1.60. The van der Waals surface area contributed by atoms with Gasteiger partial charge in [0, 0.05) is 12.3 Å². The Kier molecular flexibility index (Phi) is 6.56. The van der Waals surface area contributed by atoms with Gasteiger partial charge in [-0.1, -0.05) is 6.07 Å². The van der Waals surface area contributed by atoms with Crippen molar-refractivity contribution in [3.8, 4) is 0 Å². The standard InChI is InChI=1S/C5H5NO.ClH.H3N/c7-5-3-1-2-4-6-5;;/h1-4H,(H,6,7);1H;1H3. The Balaban J connectivity index is 0. The first kappa shape index (κ1) is 11.1. The molecule has 4 heteroatoms. The topological polar surface area (TPSA) is 69.4 Å². The van der Waals surface area contributed by atoms with Crippen LogP contribution in [0.5, 0.6) is 0 Å². The molecule has 0 atom stereocenters. The summed E-state index contributed by atoms with van der Waals surface area (Å²) >= 11 is 0. The largest absolute Gasteiger partial charge is 1.00 e. The van der Waals surface area contributed by atoms with Crippen LogP contribution in [-0.2, 0) is 0 Å². The van der Waals surface area contributed by atoms with Crippen LogP contribution in [0.25, 0.3) is 0 Å². The molecule has 52 valence electrons. The summed E-state index contributed by atoms with van der Waals surface area (Å²) in [5.41, 5.74) is -0.0532. The van der Waals surface area contributed by atoms with E-state index in [-0.39, 0.29) is 24.1 Å². The maximum Gasteiger partial charge on any atom is 0.247 e. The number of nitrogens with one attached hydrogen (secondary N) is 1. The molecule has 0 saturated carbocycles. The Bertz CT molecular complexity index is 181. The third-order valence-corrected chi connectivity index (χ3v) is 0.681. The lowest BCUT2D eigenvalue weighted by Crippen LogP contribution is -3.00. The van der Waals surface area contributed by atoms with E-state index in [0.29, 0.717) is 0 Å². The summed E-state index contributed by atoms with van der Waals surface area (Å²) in [7, 11) is 0. The molecule has 1 rings (SSSR count). The summed E-state index contributed by atoms with van der Waals surface area (Å²) in [6, 6.07) is 4.93. The van der Waals surface area contributed by atoms with E-state index < -0.39 is 0 Å². The monoisotopic (exact) mass is 148 g/mol. The minimum Gasteiger partial charge on any atom is -1.00 e. The Morgan fingerprint density at radius 2 is 2.00 bits per heavy atom. The summed E-state index contributed by atoms with van der Waals surface area (Å²) in [6.45, 7) is 0. The molecule has 0 unspecified atom stereocenters. The first-order chi connectivity index (χ1) is 3.39. The Morgan fingerprint density at radius 3 is 2.22 bits per heavy atom. The summed E-state index contributed by atoms with van der Waals surface area (Å²) in [5, 5.41) is 0. The average Bonchev–Trinajstić information content (AvgIpc) is 1.69. The van der Waals surface area contributed by atoms with Crippen LogP contribution in [0.2, 0.25) is 0 Å². The molecule has 0 aliphatic carbocycles. The van der Waals surface area contributed by atoms with E-state index in [9.17, 15) is 4.79 Å². The number of hydrogen-bond donors (Lipinski definition) is 2. The highest BCUT2D eigenvalue weighted by Gasteiger charge is 1.69. The van der Waals surface area contributed by atoms with Crippen LogP contribution in [0, 0.1) is 0 Å². The predicted octanol–water partition coefficient (Wildman–Crippen LogP) is -2.24. The van der Waals surface area contributed by atoms with Gasteiger partial charge in [0.1, 0.15) is 0 Å². The second-order valence-corrected chi connectivity index (χ2v) is 1.23. The van der Waals surface area contributed by atoms with Gasteiger partial charge in [-0.15, -0.1) is 0 Å². The van der Waals surface area contributed by atoms with Crippen molar-refractivity contribution in [1.82, 2.24) is 11.1 Å². The molecule has 0 aromatic carbocycles. The highest BCUT2D eigenvalue weighted by Crippen LogP contribution is 1.67. The van der Waals surface area contributed by atoms with E-state index in [1.165, 1.54) is 6.07 Å². The van der Waals surface area contributed by atoms with Crippen LogP contribution < -0.4 is 24.1 Å². The van der Waals surface area contributed by atoms with Crippen molar-refractivity contribution in [3.05, 3.63) is 34.7 Å². The van der Waals surface area contributed by atoms with Gasteiger partial charge < -0.3 is 23.5 Å². The number of aromatic amines is 1. The van der Waals surface area contributed by atoms with Gasteiger partial charge in [0.25, 0.3) is 0 Å². The fraction of sp³-hybridized carbons (Fsp3) is 0. The first-order valence-corrected chi connectivity index (χ1v) is 2.03. The maximum atomic E-state index is 10.2. The lowest BCUT2D eigenvalue weighted by atomic mass is 10.5. The molecule has 0 bridgehead atoms. The molecule has 1 aromatic heterocycles. The number of H-pyrrole nitrogens is 1. The molecule has 9 heavy (non-hydrogen) atoms. The quantitative estimate of drug-likeness (QED) is 0.429. The third-order valence-electron chi connectivity index (χ3n) is 0.681. The van der Waals surface area contributed by atoms with E-state index in [4.69, 9.17) is 0 Å². The van der Waals surface area contributed by atoms with Gasteiger partial charge in [0.2, 0.25) is 5.56 Å². The molecule has 0 fully saturated rings. The van der Waals surface area contributed by atoms with Gasteiger partial charge in [-0.3, -0.25) is 4.79 Å². The first-order valence-electron chi connectivity index (χ1n) is 2.03. The molecule has 0 saturated heterocycles. The number of quaternary nitrogens is 1. The number of rotatable bonds is 0. The zero-order valence-corrected chi connectivity index (χ0v) is 5.85. The van der Waals surface area contributed by atoms with Crippen LogP contribution in [0.15, 0.2) is 29.2 Å². The lowest BCUT2D eigenvalue weighted by molar-refractivity contribution is -0.00000201. The molecule has 0 aliphatic heterocycles. The van der Waals surface area contributed by atoms with Crippen molar-refractivity contribution in [2.24, 2.45) is 0 Å². The van der Waals surface area contributed by atoms with Gasteiger partial charge >= 0.3 is 0 Å². The minimum atomic E-state index is -0.0532. The van der Waals surface area contributed by atoms with Gasteiger partial charge in [-0.05, 0) is 6.07 Å². The highest BCUT2D eigenvalue weighted by molar-refractivity contribution is 4.89. The zero-order valence-electron chi connectivity index (χ0n) is 5.10. The SMILES string of the molecule is O=c1cccc[nH]1.[Cl-].[NH4+]. The Morgan fingerprint density at radius 1 is 1.33 bits per heavy atom. The second kappa shape index (κ2) is 5.34. The van der Waals surface area contributed by atoms with Gasteiger partial charge in [0.05, 0.1) is 0 Å². The van der Waals surface area contributed by atoms with E-state index in [2.05, 4.69) is 4.98 Å². The van der Waals surface area contributed by atoms with Crippen LogP contribution in [-0.4, -0.2) is 4.98 Å². The van der Waals surface area contributed by atoms with Gasteiger partial charge in [-0.25, -0.2) is 0 Å². The summed E-state index contributed by atoms with van der Waals surface area (Å²) in [5.74, 6) is 0. The van der Waals surface area contributed by atoms with Crippen LogP contribution in [0.4, 0.5) is 0 Å². The number of pyridine rings is 1. The predicted molar refractivity (Wildman–Crippen MR) is 33.0 cm³/mol. The van der Waals surface area contributed by atoms with Gasteiger partial charge in [-0.2, -0.15) is 0 Å². The fourth-order valence-electron chi connectivity index (χ4n) is 0.377. The van der Waals surface area contributed by atoms with Gasteiger partial charge in [0.15, 0.2) is 0 Å².